The van der Waals surface area contributed by atoms with Crippen molar-refractivity contribution < 1.29 is 13.2 Å². The molecule has 4 atom stereocenters. The number of aryl methyl sites for hydroxylation is 1. The Morgan fingerprint density at radius 1 is 1.50 bits per heavy atom. The first-order chi connectivity index (χ1) is 12.5. The first-order valence-electron chi connectivity index (χ1n) is 8.63. The van der Waals surface area contributed by atoms with Gasteiger partial charge in [-0.2, -0.15) is 0 Å². The Bertz CT molecular complexity index is 914. The van der Waals surface area contributed by atoms with Gasteiger partial charge in [0.25, 0.3) is 10.0 Å². The zero-order chi connectivity index (χ0) is 17.9. The van der Waals surface area contributed by atoms with E-state index < -0.39 is 10.0 Å². The third kappa shape index (κ3) is 2.48. The highest BCUT2D eigenvalue weighted by molar-refractivity contribution is 7.89. The molecule has 1 N–H and O–H groups in total. The Morgan fingerprint density at radius 3 is 3.12 bits per heavy atom. The SMILES string of the molecule is Cn1cnc(S(=O)(=O)NC[C@H]2[C@H]3CN(c4nncs4)C[C@]34CC[C@H]2O4)c1. The maximum Gasteiger partial charge on any atom is 0.259 e. The van der Waals surface area contributed by atoms with Gasteiger partial charge < -0.3 is 14.2 Å². The number of nitrogens with zero attached hydrogens (tertiary/aromatic N) is 5. The molecule has 1 spiro atoms. The van der Waals surface area contributed by atoms with Gasteiger partial charge in [0, 0.05) is 44.7 Å². The van der Waals surface area contributed by atoms with E-state index in [1.165, 1.54) is 23.9 Å². The van der Waals surface area contributed by atoms with Crippen molar-refractivity contribution in [2.45, 2.75) is 29.6 Å². The summed E-state index contributed by atoms with van der Waals surface area (Å²) in [6.07, 6.45) is 5.13. The van der Waals surface area contributed by atoms with Gasteiger partial charge in [0.15, 0.2) is 5.03 Å². The Balaban J connectivity index is 1.33. The molecule has 9 nitrogen and oxygen atoms in total. The summed E-state index contributed by atoms with van der Waals surface area (Å²) in [4.78, 5) is 6.18. The molecule has 2 aromatic heterocycles. The van der Waals surface area contributed by atoms with Crippen molar-refractivity contribution in [1.29, 1.82) is 0 Å². The number of anilines is 1. The number of sulfonamides is 1. The van der Waals surface area contributed by atoms with Crippen molar-refractivity contribution in [2.24, 2.45) is 18.9 Å². The summed E-state index contributed by atoms with van der Waals surface area (Å²) < 4.78 is 35.7. The molecule has 0 unspecified atom stereocenters. The maximum atomic E-state index is 12.5. The van der Waals surface area contributed by atoms with Crippen LogP contribution in [-0.4, -0.2) is 59.5 Å². The number of hydrogen-bond donors (Lipinski definition) is 1. The number of ether oxygens (including phenoxy) is 1. The van der Waals surface area contributed by atoms with Crippen molar-refractivity contribution in [1.82, 2.24) is 24.5 Å². The summed E-state index contributed by atoms with van der Waals surface area (Å²) in [7, 11) is -1.85. The summed E-state index contributed by atoms with van der Waals surface area (Å²) in [6.45, 7) is 2.02. The molecule has 0 saturated carbocycles. The lowest BCUT2D eigenvalue weighted by molar-refractivity contribution is 0.0142. The van der Waals surface area contributed by atoms with Gasteiger partial charge in [-0.1, -0.05) is 11.3 Å². The fourth-order valence-electron chi connectivity index (χ4n) is 4.72. The van der Waals surface area contributed by atoms with Gasteiger partial charge >= 0.3 is 0 Å². The van der Waals surface area contributed by atoms with E-state index >= 15 is 0 Å². The molecule has 3 fully saturated rings. The van der Waals surface area contributed by atoms with E-state index in [2.05, 4.69) is 24.8 Å². The van der Waals surface area contributed by atoms with Gasteiger partial charge in [0.2, 0.25) is 5.13 Å². The Labute approximate surface area is 155 Å². The minimum atomic E-state index is -3.60. The van der Waals surface area contributed by atoms with Crippen LogP contribution in [-0.2, 0) is 21.8 Å². The topological polar surface area (TPSA) is 102 Å². The average Bonchev–Trinajstić information content (AvgIpc) is 3.37. The molecular weight excluding hydrogens is 376 g/mol. The van der Waals surface area contributed by atoms with Crippen molar-refractivity contribution in [3.8, 4) is 0 Å². The fraction of sp³-hybridized carbons (Fsp3) is 0.667. The molecule has 0 aromatic carbocycles. The number of rotatable bonds is 5. The normalized spacial score (nSPS) is 33.1. The number of fused-ring (bicyclic) bond motifs is 1. The molecule has 0 amide bonds. The van der Waals surface area contributed by atoms with E-state index in [9.17, 15) is 8.42 Å². The van der Waals surface area contributed by atoms with Gasteiger partial charge in [0.1, 0.15) is 5.51 Å². The second-order valence-electron chi connectivity index (χ2n) is 7.36. The average molecular weight is 396 g/mol. The van der Waals surface area contributed by atoms with Crippen LogP contribution in [0.3, 0.4) is 0 Å². The summed E-state index contributed by atoms with van der Waals surface area (Å²) >= 11 is 1.53. The zero-order valence-corrected chi connectivity index (χ0v) is 15.9. The molecule has 2 aromatic rings. The van der Waals surface area contributed by atoms with E-state index in [1.807, 2.05) is 0 Å². The van der Waals surface area contributed by atoms with Gasteiger partial charge in [-0.25, -0.2) is 18.1 Å². The smallest absolute Gasteiger partial charge is 0.259 e. The number of imidazole rings is 1. The van der Waals surface area contributed by atoms with Crippen molar-refractivity contribution in [3.63, 3.8) is 0 Å². The van der Waals surface area contributed by atoms with Crippen LogP contribution >= 0.6 is 11.3 Å². The number of aromatic nitrogens is 4. The lowest BCUT2D eigenvalue weighted by Gasteiger charge is -2.29. The van der Waals surface area contributed by atoms with Crippen LogP contribution in [0.2, 0.25) is 0 Å². The van der Waals surface area contributed by atoms with Crippen molar-refractivity contribution >= 4 is 26.5 Å². The van der Waals surface area contributed by atoms with Crippen LogP contribution in [0.1, 0.15) is 12.8 Å². The Hall–Kier alpha value is -1.56. The number of hydrogen-bond acceptors (Lipinski definition) is 8. The second kappa shape index (κ2) is 5.72. The molecule has 0 radical (unpaired) electrons. The van der Waals surface area contributed by atoms with Gasteiger partial charge in [0.05, 0.1) is 18.0 Å². The van der Waals surface area contributed by atoms with E-state index in [-0.39, 0.29) is 22.6 Å². The lowest BCUT2D eigenvalue weighted by Crippen LogP contribution is -2.41. The largest absolute Gasteiger partial charge is 0.369 e. The molecule has 26 heavy (non-hydrogen) atoms. The molecule has 3 aliphatic heterocycles. The molecular formula is C15H20N6O3S2. The van der Waals surface area contributed by atoms with Crippen LogP contribution in [0.25, 0.3) is 0 Å². The maximum absolute atomic E-state index is 12.5. The van der Waals surface area contributed by atoms with Crippen molar-refractivity contribution in [3.05, 3.63) is 18.0 Å². The predicted molar refractivity (Wildman–Crippen MR) is 94.3 cm³/mol. The molecule has 5 heterocycles. The van der Waals surface area contributed by atoms with E-state index in [1.54, 1.807) is 17.1 Å². The van der Waals surface area contributed by atoms with Gasteiger partial charge in [-0.3, -0.25) is 0 Å². The first-order valence-corrected chi connectivity index (χ1v) is 11.0. The van der Waals surface area contributed by atoms with E-state index in [0.717, 1.165) is 31.1 Å². The number of nitrogens with one attached hydrogen (secondary N) is 1. The molecule has 5 rings (SSSR count). The van der Waals surface area contributed by atoms with Crippen LogP contribution in [0.4, 0.5) is 5.13 Å². The quantitative estimate of drug-likeness (QED) is 0.772. The van der Waals surface area contributed by atoms with E-state index in [0.29, 0.717) is 12.5 Å². The third-order valence-corrected chi connectivity index (χ3v) is 7.93. The highest BCUT2D eigenvalue weighted by Gasteiger charge is 2.63. The minimum absolute atomic E-state index is 0.0562. The Kier molecular flexibility index (Phi) is 3.65. The predicted octanol–water partition coefficient (Wildman–Crippen LogP) is 0.234. The van der Waals surface area contributed by atoms with Crippen LogP contribution in [0, 0.1) is 11.8 Å². The Morgan fingerprint density at radius 2 is 2.38 bits per heavy atom. The molecule has 0 aliphatic carbocycles. The summed E-state index contributed by atoms with van der Waals surface area (Å²) in [5.41, 5.74) is 1.56. The highest BCUT2D eigenvalue weighted by Crippen LogP contribution is 2.55. The van der Waals surface area contributed by atoms with Crippen molar-refractivity contribution in [2.75, 3.05) is 24.5 Å². The standard InChI is InChI=1S/C15H20N6O3S2/c1-20-6-13(16-8-20)26(22,23)18-4-10-11-5-21(14-19-17-9-25-14)7-15(11)3-2-12(10)24-15/h6,8-12,18H,2-5,7H2,1H3/t10-,11+,12+,15+/m0/s1. The molecule has 3 aliphatic rings. The summed E-state index contributed by atoms with van der Waals surface area (Å²) in [5, 5.41) is 9.07. The fourth-order valence-corrected chi connectivity index (χ4v) is 6.34. The summed E-state index contributed by atoms with van der Waals surface area (Å²) in [5.74, 6) is 0.469. The van der Waals surface area contributed by atoms with Crippen LogP contribution in [0.15, 0.2) is 23.1 Å². The first kappa shape index (κ1) is 16.6. The van der Waals surface area contributed by atoms with Gasteiger partial charge in [-0.15, -0.1) is 10.2 Å². The molecule has 11 heteroatoms. The summed E-state index contributed by atoms with van der Waals surface area (Å²) in [6, 6.07) is 0. The third-order valence-electron chi connectivity index (χ3n) is 5.87. The van der Waals surface area contributed by atoms with Crippen LogP contribution in [0.5, 0.6) is 0 Å². The van der Waals surface area contributed by atoms with E-state index in [4.69, 9.17) is 4.74 Å². The van der Waals surface area contributed by atoms with Gasteiger partial charge in [-0.05, 0) is 12.8 Å². The molecule has 2 bridgehead atoms. The second-order valence-corrected chi connectivity index (χ2v) is 9.89. The highest BCUT2D eigenvalue weighted by atomic mass is 32.2. The zero-order valence-electron chi connectivity index (χ0n) is 14.3. The monoisotopic (exact) mass is 396 g/mol. The van der Waals surface area contributed by atoms with Crippen LogP contribution < -0.4 is 9.62 Å². The minimum Gasteiger partial charge on any atom is -0.369 e. The molecule has 3 saturated heterocycles. The lowest BCUT2D eigenvalue weighted by atomic mass is 9.74. The molecule has 140 valence electrons.